The van der Waals surface area contributed by atoms with Gasteiger partial charge in [0.1, 0.15) is 0 Å². The van der Waals surface area contributed by atoms with Crippen molar-refractivity contribution < 1.29 is 4.79 Å². The zero-order valence-electron chi connectivity index (χ0n) is 13.4. The number of anilines is 3. The Morgan fingerprint density at radius 1 is 1.05 bits per heavy atom. The quantitative estimate of drug-likeness (QED) is 0.859. The third-order valence-electron chi connectivity index (χ3n) is 3.51. The Morgan fingerprint density at radius 3 is 2.36 bits per heavy atom. The van der Waals surface area contributed by atoms with Crippen molar-refractivity contribution in [1.82, 2.24) is 0 Å². The average Bonchev–Trinajstić information content (AvgIpc) is 2.54. The number of para-hydroxylation sites is 1. The van der Waals surface area contributed by atoms with E-state index in [0.717, 1.165) is 29.0 Å². The smallest absolute Gasteiger partial charge is 0.243 e. The van der Waals surface area contributed by atoms with E-state index >= 15 is 0 Å². The highest BCUT2D eigenvalue weighted by Crippen LogP contribution is 2.17. The Morgan fingerprint density at radius 2 is 1.73 bits per heavy atom. The number of hydrogen-bond acceptors (Lipinski definition) is 3. The normalized spacial score (nSPS) is 10.1. The van der Waals surface area contributed by atoms with Crippen molar-refractivity contribution in [2.45, 2.75) is 13.3 Å². The van der Waals surface area contributed by atoms with Gasteiger partial charge in [0.05, 0.1) is 6.54 Å². The SMILES string of the molecule is CCc1ccccc1NC(=O)CNc1ccc(N(C)C)cc1. The molecule has 0 unspecified atom stereocenters. The lowest BCUT2D eigenvalue weighted by atomic mass is 10.1. The summed E-state index contributed by atoms with van der Waals surface area (Å²) in [6, 6.07) is 15.9. The largest absolute Gasteiger partial charge is 0.378 e. The van der Waals surface area contributed by atoms with Crippen LogP contribution in [-0.4, -0.2) is 26.5 Å². The first kappa shape index (κ1) is 15.9. The maximum absolute atomic E-state index is 12.0. The number of aryl methyl sites for hydroxylation is 1. The first-order valence-corrected chi connectivity index (χ1v) is 7.49. The van der Waals surface area contributed by atoms with E-state index in [2.05, 4.69) is 17.6 Å². The molecule has 4 heteroatoms. The summed E-state index contributed by atoms with van der Waals surface area (Å²) in [5, 5.41) is 6.09. The van der Waals surface area contributed by atoms with Gasteiger partial charge >= 0.3 is 0 Å². The van der Waals surface area contributed by atoms with Crippen LogP contribution in [-0.2, 0) is 11.2 Å². The minimum Gasteiger partial charge on any atom is -0.378 e. The molecule has 0 radical (unpaired) electrons. The van der Waals surface area contributed by atoms with Gasteiger partial charge in [-0.25, -0.2) is 0 Å². The molecule has 2 aromatic rings. The molecule has 22 heavy (non-hydrogen) atoms. The molecular weight excluding hydrogens is 274 g/mol. The molecule has 0 bridgehead atoms. The second kappa shape index (κ2) is 7.50. The summed E-state index contributed by atoms with van der Waals surface area (Å²) in [4.78, 5) is 14.1. The molecule has 2 aromatic carbocycles. The fourth-order valence-electron chi connectivity index (χ4n) is 2.20. The second-order valence-electron chi connectivity index (χ2n) is 5.35. The lowest BCUT2D eigenvalue weighted by Crippen LogP contribution is -2.22. The molecule has 0 spiro atoms. The second-order valence-corrected chi connectivity index (χ2v) is 5.35. The van der Waals surface area contributed by atoms with E-state index in [-0.39, 0.29) is 12.5 Å². The molecule has 1 amide bonds. The van der Waals surface area contributed by atoms with Gasteiger partial charge in [-0.05, 0) is 42.3 Å². The highest BCUT2D eigenvalue weighted by Gasteiger charge is 2.05. The van der Waals surface area contributed by atoms with E-state index in [4.69, 9.17) is 0 Å². The minimum atomic E-state index is -0.0439. The van der Waals surface area contributed by atoms with Crippen LogP contribution < -0.4 is 15.5 Å². The van der Waals surface area contributed by atoms with Crippen molar-refractivity contribution >= 4 is 23.0 Å². The molecule has 0 aromatic heterocycles. The molecule has 0 aliphatic carbocycles. The van der Waals surface area contributed by atoms with Crippen LogP contribution in [0.25, 0.3) is 0 Å². The molecule has 2 rings (SSSR count). The topological polar surface area (TPSA) is 44.4 Å². The van der Waals surface area contributed by atoms with Crippen molar-refractivity contribution in [3.05, 3.63) is 54.1 Å². The Hall–Kier alpha value is -2.49. The van der Waals surface area contributed by atoms with E-state index in [9.17, 15) is 4.79 Å². The van der Waals surface area contributed by atoms with Gasteiger partial charge in [-0.3, -0.25) is 4.79 Å². The molecule has 0 aliphatic heterocycles. The molecule has 2 N–H and O–H groups in total. The summed E-state index contributed by atoms with van der Waals surface area (Å²) < 4.78 is 0. The van der Waals surface area contributed by atoms with Crippen LogP contribution in [0.1, 0.15) is 12.5 Å². The van der Waals surface area contributed by atoms with Crippen molar-refractivity contribution in [3.8, 4) is 0 Å². The predicted octanol–water partition coefficient (Wildman–Crippen LogP) is 3.37. The van der Waals surface area contributed by atoms with E-state index in [1.54, 1.807) is 0 Å². The summed E-state index contributed by atoms with van der Waals surface area (Å²) in [5.41, 5.74) is 4.10. The van der Waals surface area contributed by atoms with Crippen LogP contribution in [0, 0.1) is 0 Å². The maximum atomic E-state index is 12.0. The number of nitrogens with zero attached hydrogens (tertiary/aromatic N) is 1. The monoisotopic (exact) mass is 297 g/mol. The zero-order valence-corrected chi connectivity index (χ0v) is 13.4. The van der Waals surface area contributed by atoms with Gasteiger partial charge in [0, 0.05) is 31.2 Å². The lowest BCUT2D eigenvalue weighted by Gasteiger charge is -2.14. The van der Waals surface area contributed by atoms with E-state index < -0.39 is 0 Å². The number of amides is 1. The van der Waals surface area contributed by atoms with Crippen molar-refractivity contribution in [1.29, 1.82) is 0 Å². The van der Waals surface area contributed by atoms with E-state index in [1.807, 2.05) is 67.5 Å². The molecule has 4 nitrogen and oxygen atoms in total. The van der Waals surface area contributed by atoms with Gasteiger partial charge in [-0.2, -0.15) is 0 Å². The van der Waals surface area contributed by atoms with Crippen LogP contribution in [0.3, 0.4) is 0 Å². The first-order valence-electron chi connectivity index (χ1n) is 7.49. The number of carbonyl (C=O) groups is 1. The fraction of sp³-hybridized carbons (Fsp3) is 0.278. The molecule has 116 valence electrons. The highest BCUT2D eigenvalue weighted by molar-refractivity contribution is 5.94. The molecule has 0 saturated carbocycles. The van der Waals surface area contributed by atoms with Crippen LogP contribution in [0.4, 0.5) is 17.1 Å². The van der Waals surface area contributed by atoms with Crippen molar-refractivity contribution in [2.75, 3.05) is 36.2 Å². The van der Waals surface area contributed by atoms with Gasteiger partial charge < -0.3 is 15.5 Å². The zero-order chi connectivity index (χ0) is 15.9. The van der Waals surface area contributed by atoms with Crippen LogP contribution in [0.15, 0.2) is 48.5 Å². The minimum absolute atomic E-state index is 0.0439. The van der Waals surface area contributed by atoms with Gasteiger partial charge in [-0.15, -0.1) is 0 Å². The summed E-state index contributed by atoms with van der Waals surface area (Å²) in [5.74, 6) is -0.0439. The standard InChI is InChI=1S/C18H23N3O/c1-4-14-7-5-6-8-17(14)20-18(22)13-19-15-9-11-16(12-10-15)21(2)3/h5-12,19H,4,13H2,1-3H3,(H,20,22). The van der Waals surface area contributed by atoms with Gasteiger partial charge in [-0.1, -0.05) is 25.1 Å². The van der Waals surface area contributed by atoms with Crippen LogP contribution in [0.5, 0.6) is 0 Å². The Kier molecular flexibility index (Phi) is 5.42. The lowest BCUT2D eigenvalue weighted by molar-refractivity contribution is -0.114. The number of benzene rings is 2. The van der Waals surface area contributed by atoms with Gasteiger partial charge in [0.2, 0.25) is 5.91 Å². The van der Waals surface area contributed by atoms with Crippen molar-refractivity contribution in [3.63, 3.8) is 0 Å². The number of nitrogens with one attached hydrogen (secondary N) is 2. The van der Waals surface area contributed by atoms with Crippen molar-refractivity contribution in [2.24, 2.45) is 0 Å². The number of rotatable bonds is 6. The number of carbonyl (C=O) groups excluding carboxylic acids is 1. The highest BCUT2D eigenvalue weighted by atomic mass is 16.1. The first-order chi connectivity index (χ1) is 10.6. The third kappa shape index (κ3) is 4.25. The molecule has 0 heterocycles. The Bertz CT molecular complexity index is 620. The van der Waals surface area contributed by atoms with Crippen LogP contribution in [0.2, 0.25) is 0 Å². The summed E-state index contributed by atoms with van der Waals surface area (Å²) in [6.07, 6.45) is 0.899. The van der Waals surface area contributed by atoms with E-state index in [1.165, 1.54) is 0 Å². The summed E-state index contributed by atoms with van der Waals surface area (Å²) in [6.45, 7) is 2.33. The van der Waals surface area contributed by atoms with E-state index in [0.29, 0.717) is 0 Å². The number of hydrogen-bond donors (Lipinski definition) is 2. The average molecular weight is 297 g/mol. The molecule has 0 saturated heterocycles. The summed E-state index contributed by atoms with van der Waals surface area (Å²) in [7, 11) is 4.00. The predicted molar refractivity (Wildman–Crippen MR) is 93.7 cm³/mol. The van der Waals surface area contributed by atoms with Gasteiger partial charge in [0.25, 0.3) is 0 Å². The third-order valence-corrected chi connectivity index (χ3v) is 3.51. The summed E-state index contributed by atoms with van der Waals surface area (Å²) >= 11 is 0. The molecular formula is C18H23N3O. The Balaban J connectivity index is 1.90. The van der Waals surface area contributed by atoms with Crippen LogP contribution >= 0.6 is 0 Å². The molecule has 0 fully saturated rings. The molecule has 0 atom stereocenters. The Labute approximate surface area is 132 Å². The maximum Gasteiger partial charge on any atom is 0.243 e. The van der Waals surface area contributed by atoms with Gasteiger partial charge in [0.15, 0.2) is 0 Å². The molecule has 0 aliphatic rings. The fourth-order valence-corrected chi connectivity index (χ4v) is 2.20.